The lowest BCUT2D eigenvalue weighted by Crippen LogP contribution is -2.39. The van der Waals surface area contributed by atoms with E-state index >= 15 is 0 Å². The maximum absolute atomic E-state index is 12.6. The Labute approximate surface area is 136 Å². The molecule has 2 aliphatic heterocycles. The predicted octanol–water partition coefficient (Wildman–Crippen LogP) is 2.99. The number of pyridine rings is 1. The largest absolute Gasteiger partial charge is 0.307 e. The summed E-state index contributed by atoms with van der Waals surface area (Å²) in [7, 11) is 0. The highest BCUT2D eigenvalue weighted by molar-refractivity contribution is 5.90. The van der Waals surface area contributed by atoms with Gasteiger partial charge < -0.3 is 4.98 Å². The molecule has 3 rings (SSSR count). The summed E-state index contributed by atoms with van der Waals surface area (Å²) >= 11 is 0. The van der Waals surface area contributed by atoms with Crippen LogP contribution in [0.5, 0.6) is 0 Å². The summed E-state index contributed by atoms with van der Waals surface area (Å²) < 4.78 is 0. The van der Waals surface area contributed by atoms with Gasteiger partial charge in [0.1, 0.15) is 11.6 Å². The summed E-state index contributed by atoms with van der Waals surface area (Å²) in [6.45, 7) is 6.11. The Balaban J connectivity index is 2.00. The predicted molar refractivity (Wildman–Crippen MR) is 94.8 cm³/mol. The van der Waals surface area contributed by atoms with Crippen molar-refractivity contribution < 1.29 is 0 Å². The molecule has 3 heterocycles. The number of fused-ring (bicyclic) bond motifs is 3. The van der Waals surface area contributed by atoms with Crippen LogP contribution in [0.15, 0.2) is 52.1 Å². The molecule has 0 radical (unpaired) electrons. The second-order valence-electron chi connectivity index (χ2n) is 5.82. The van der Waals surface area contributed by atoms with Crippen molar-refractivity contribution in [2.75, 3.05) is 5.01 Å². The lowest BCUT2D eigenvalue weighted by atomic mass is 9.95. The van der Waals surface area contributed by atoms with Gasteiger partial charge in [-0.3, -0.25) is 4.79 Å². The molecule has 1 aromatic heterocycles. The Bertz CT molecular complexity index is 770. The van der Waals surface area contributed by atoms with Crippen molar-refractivity contribution in [2.24, 2.45) is 4.99 Å². The standard InChI is InChI=1S/C18H22N4O/c1-4-6-7-8-13(5-2)15-10-14-11-19-16-9-12(3)21-22(16)17(14)20-18(15)23/h4,6-13,21H,5H2,1-3H3,(H,20,23). The molecular formula is C18H22N4O. The van der Waals surface area contributed by atoms with Gasteiger partial charge in [-0.1, -0.05) is 31.2 Å². The Hall–Kier alpha value is -2.40. The molecule has 23 heavy (non-hydrogen) atoms. The zero-order valence-electron chi connectivity index (χ0n) is 13.7. The van der Waals surface area contributed by atoms with Gasteiger partial charge in [0.25, 0.3) is 5.56 Å². The molecule has 0 saturated carbocycles. The summed E-state index contributed by atoms with van der Waals surface area (Å²) in [5.41, 5.74) is 4.94. The SMILES string of the molecule is CC=CC=CC(CC)c1cc2c([nH]c1=O)N1NC(C)C=C1N=C2. The topological polar surface area (TPSA) is 60.5 Å². The summed E-state index contributed by atoms with van der Waals surface area (Å²) in [5, 5.41) is 1.85. The van der Waals surface area contributed by atoms with Gasteiger partial charge in [-0.25, -0.2) is 15.4 Å². The highest BCUT2D eigenvalue weighted by Crippen LogP contribution is 2.29. The van der Waals surface area contributed by atoms with Crippen LogP contribution in [-0.2, 0) is 0 Å². The molecule has 0 bridgehead atoms. The van der Waals surface area contributed by atoms with Gasteiger partial charge in [0.05, 0.1) is 0 Å². The molecule has 0 aliphatic carbocycles. The highest BCUT2D eigenvalue weighted by Gasteiger charge is 2.27. The van der Waals surface area contributed by atoms with Gasteiger partial charge in [-0.15, -0.1) is 0 Å². The molecule has 0 aromatic carbocycles. The van der Waals surface area contributed by atoms with Crippen molar-refractivity contribution in [1.29, 1.82) is 0 Å². The molecule has 2 atom stereocenters. The Morgan fingerprint density at radius 2 is 2.26 bits per heavy atom. The number of hydrogen-bond donors (Lipinski definition) is 2. The second-order valence-corrected chi connectivity index (χ2v) is 5.82. The van der Waals surface area contributed by atoms with Gasteiger partial charge in [0.2, 0.25) is 0 Å². The molecule has 0 saturated heterocycles. The fraction of sp³-hybridized carbons (Fsp3) is 0.333. The molecule has 0 amide bonds. The monoisotopic (exact) mass is 310 g/mol. The normalized spacial score (nSPS) is 20.9. The minimum absolute atomic E-state index is 0.0447. The molecule has 2 N–H and O–H groups in total. The Morgan fingerprint density at radius 1 is 1.43 bits per heavy atom. The molecule has 0 fully saturated rings. The number of allylic oxidation sites excluding steroid dienone is 4. The van der Waals surface area contributed by atoms with Crippen LogP contribution >= 0.6 is 0 Å². The molecule has 1 aromatic rings. The highest BCUT2D eigenvalue weighted by atomic mass is 16.1. The van der Waals surface area contributed by atoms with Crippen molar-refractivity contribution in [3.05, 3.63) is 63.7 Å². The maximum atomic E-state index is 12.6. The third-order valence-corrected chi connectivity index (χ3v) is 4.09. The molecule has 120 valence electrons. The van der Waals surface area contributed by atoms with Crippen LogP contribution < -0.4 is 16.0 Å². The van der Waals surface area contributed by atoms with E-state index in [0.717, 1.165) is 29.2 Å². The van der Waals surface area contributed by atoms with Crippen molar-refractivity contribution in [3.8, 4) is 0 Å². The van der Waals surface area contributed by atoms with Crippen LogP contribution in [0.25, 0.3) is 0 Å². The number of aliphatic imine (C=N–C) groups is 1. The van der Waals surface area contributed by atoms with E-state index in [9.17, 15) is 4.79 Å². The molecule has 2 unspecified atom stereocenters. The average molecular weight is 310 g/mol. The van der Waals surface area contributed by atoms with E-state index in [2.05, 4.69) is 28.4 Å². The first-order chi connectivity index (χ1) is 11.1. The van der Waals surface area contributed by atoms with Crippen LogP contribution in [-0.4, -0.2) is 17.2 Å². The van der Waals surface area contributed by atoms with Crippen LogP contribution in [0, 0.1) is 0 Å². The number of rotatable bonds is 4. The molecular weight excluding hydrogens is 288 g/mol. The minimum atomic E-state index is -0.0447. The minimum Gasteiger partial charge on any atom is -0.307 e. The zero-order valence-corrected chi connectivity index (χ0v) is 13.7. The van der Waals surface area contributed by atoms with Crippen molar-refractivity contribution in [1.82, 2.24) is 10.4 Å². The summed E-state index contributed by atoms with van der Waals surface area (Å²) in [6, 6.07) is 2.15. The Kier molecular flexibility index (Phi) is 4.30. The van der Waals surface area contributed by atoms with E-state index in [1.165, 1.54) is 0 Å². The van der Waals surface area contributed by atoms with Gasteiger partial charge in [0.15, 0.2) is 0 Å². The van der Waals surface area contributed by atoms with Crippen molar-refractivity contribution in [3.63, 3.8) is 0 Å². The van der Waals surface area contributed by atoms with Crippen LogP contribution in [0.3, 0.4) is 0 Å². The van der Waals surface area contributed by atoms with E-state index in [0.29, 0.717) is 0 Å². The summed E-state index contributed by atoms with van der Waals surface area (Å²) in [6.07, 6.45) is 12.7. The van der Waals surface area contributed by atoms with E-state index in [4.69, 9.17) is 0 Å². The van der Waals surface area contributed by atoms with Crippen LogP contribution in [0.4, 0.5) is 5.82 Å². The molecule has 2 aliphatic rings. The van der Waals surface area contributed by atoms with E-state index < -0.39 is 0 Å². The number of hydrazine groups is 1. The Morgan fingerprint density at radius 3 is 3.00 bits per heavy atom. The summed E-state index contributed by atoms with van der Waals surface area (Å²) in [4.78, 5) is 20.0. The first-order valence-electron chi connectivity index (χ1n) is 8.03. The molecule has 5 nitrogen and oxygen atoms in total. The third kappa shape index (κ3) is 2.92. The second kappa shape index (κ2) is 6.38. The van der Waals surface area contributed by atoms with Gasteiger partial charge in [-0.2, -0.15) is 0 Å². The van der Waals surface area contributed by atoms with Crippen LogP contribution in [0.2, 0.25) is 0 Å². The van der Waals surface area contributed by atoms with Crippen LogP contribution in [0.1, 0.15) is 44.2 Å². The molecule has 5 heteroatoms. The van der Waals surface area contributed by atoms with Gasteiger partial charge in [-0.05, 0) is 32.4 Å². The molecule has 0 spiro atoms. The fourth-order valence-corrected chi connectivity index (χ4v) is 2.90. The number of nitrogens with one attached hydrogen (secondary N) is 2. The van der Waals surface area contributed by atoms with E-state index in [1.807, 2.05) is 55.4 Å². The third-order valence-electron chi connectivity index (χ3n) is 4.09. The first-order valence-corrected chi connectivity index (χ1v) is 8.03. The smallest absolute Gasteiger partial charge is 0.253 e. The number of anilines is 1. The quantitative estimate of drug-likeness (QED) is 0.841. The van der Waals surface area contributed by atoms with Gasteiger partial charge >= 0.3 is 0 Å². The average Bonchev–Trinajstić information content (AvgIpc) is 2.92. The van der Waals surface area contributed by atoms with Crippen molar-refractivity contribution >= 4 is 12.0 Å². The lowest BCUT2D eigenvalue weighted by Gasteiger charge is -2.26. The fourth-order valence-electron chi connectivity index (χ4n) is 2.90. The number of nitrogens with zero attached hydrogens (tertiary/aromatic N) is 2. The number of aromatic nitrogens is 1. The number of aromatic amines is 1. The van der Waals surface area contributed by atoms with Crippen molar-refractivity contribution in [2.45, 2.75) is 39.2 Å². The van der Waals surface area contributed by atoms with Gasteiger partial charge in [0, 0.05) is 29.3 Å². The first kappa shape index (κ1) is 15.5. The number of hydrogen-bond acceptors (Lipinski definition) is 4. The number of H-pyrrole nitrogens is 1. The lowest BCUT2D eigenvalue weighted by molar-refractivity contribution is 0.662. The van der Waals surface area contributed by atoms with E-state index in [-0.39, 0.29) is 17.5 Å². The zero-order chi connectivity index (χ0) is 16.4. The summed E-state index contributed by atoms with van der Waals surface area (Å²) in [5.74, 6) is 1.68. The van der Waals surface area contributed by atoms with E-state index in [1.54, 1.807) is 0 Å². The maximum Gasteiger partial charge on any atom is 0.253 e.